The van der Waals surface area contributed by atoms with E-state index in [1.807, 2.05) is 20.8 Å². The summed E-state index contributed by atoms with van der Waals surface area (Å²) in [5.74, 6) is 0.327. The van der Waals surface area contributed by atoms with E-state index in [0.29, 0.717) is 25.6 Å². The Balaban J connectivity index is 1.69. The number of hydrogen-bond acceptors (Lipinski definition) is 4. The lowest BCUT2D eigenvalue weighted by molar-refractivity contribution is -0.143. The van der Waals surface area contributed by atoms with Gasteiger partial charge in [0, 0.05) is 18.5 Å². The molecule has 2 aliphatic heterocycles. The zero-order chi connectivity index (χ0) is 13.1. The largest absolute Gasteiger partial charge is 0.465 e. The molecule has 3 rings (SSSR count). The highest BCUT2D eigenvalue weighted by Gasteiger charge is 2.67. The van der Waals surface area contributed by atoms with Gasteiger partial charge in [-0.3, -0.25) is 4.79 Å². The van der Waals surface area contributed by atoms with Crippen molar-refractivity contribution in [3.05, 3.63) is 0 Å². The number of nitrogens with zero attached hydrogens (tertiary/aromatic N) is 1. The molecule has 1 amide bonds. The van der Waals surface area contributed by atoms with Gasteiger partial charge in [-0.15, -0.1) is 0 Å². The van der Waals surface area contributed by atoms with Crippen LogP contribution in [0.1, 0.15) is 27.2 Å². The molecule has 3 unspecified atom stereocenters. The van der Waals surface area contributed by atoms with Gasteiger partial charge in [-0.05, 0) is 33.1 Å². The Morgan fingerprint density at radius 1 is 1.50 bits per heavy atom. The summed E-state index contributed by atoms with van der Waals surface area (Å²) in [5.41, 5.74) is -0.578. The lowest BCUT2D eigenvalue weighted by Gasteiger charge is -2.42. The van der Waals surface area contributed by atoms with E-state index in [2.05, 4.69) is 0 Å². The number of esters is 1. The normalized spacial score (nSPS) is 37.7. The summed E-state index contributed by atoms with van der Waals surface area (Å²) < 4.78 is 10.5. The lowest BCUT2D eigenvalue weighted by Crippen LogP contribution is -2.49. The standard InChI is InChI=1S/C13H19NO4/c1-12(2,3)18-11(16)14-5-8-4-9-10(15)17-7-13(8,9)6-14/h8-9H,4-7H2,1-3H3. The first kappa shape index (κ1) is 11.8. The molecule has 3 fully saturated rings. The second-order valence-electron chi connectivity index (χ2n) is 6.69. The van der Waals surface area contributed by atoms with Gasteiger partial charge >= 0.3 is 12.1 Å². The molecule has 18 heavy (non-hydrogen) atoms. The Kier molecular flexibility index (Phi) is 2.23. The van der Waals surface area contributed by atoms with Crippen LogP contribution in [0.25, 0.3) is 0 Å². The Morgan fingerprint density at radius 3 is 2.83 bits per heavy atom. The Bertz CT molecular complexity index is 414. The van der Waals surface area contributed by atoms with Crippen molar-refractivity contribution in [2.45, 2.75) is 32.8 Å². The van der Waals surface area contributed by atoms with Crippen LogP contribution >= 0.6 is 0 Å². The molecule has 0 bridgehead atoms. The predicted octanol–water partition coefficient (Wildman–Crippen LogP) is 1.42. The summed E-state index contributed by atoms with van der Waals surface area (Å²) in [6.07, 6.45) is 0.586. The zero-order valence-electron chi connectivity index (χ0n) is 11.1. The number of carbonyl (C=O) groups is 2. The van der Waals surface area contributed by atoms with E-state index in [-0.39, 0.29) is 23.4 Å². The van der Waals surface area contributed by atoms with Gasteiger partial charge in [-0.25, -0.2) is 4.79 Å². The van der Waals surface area contributed by atoms with Crippen molar-refractivity contribution in [3.63, 3.8) is 0 Å². The third kappa shape index (κ3) is 1.52. The van der Waals surface area contributed by atoms with Crippen molar-refractivity contribution < 1.29 is 19.1 Å². The summed E-state index contributed by atoms with van der Waals surface area (Å²) in [4.78, 5) is 25.3. The monoisotopic (exact) mass is 253 g/mol. The zero-order valence-corrected chi connectivity index (χ0v) is 11.1. The number of carbonyl (C=O) groups excluding carboxylic acids is 2. The molecule has 1 saturated carbocycles. The fraction of sp³-hybridized carbons (Fsp3) is 0.846. The number of amides is 1. The van der Waals surface area contributed by atoms with E-state index in [0.717, 1.165) is 6.42 Å². The first-order valence-electron chi connectivity index (χ1n) is 6.46. The highest BCUT2D eigenvalue weighted by atomic mass is 16.6. The molecular weight excluding hydrogens is 234 g/mol. The number of hydrogen-bond donors (Lipinski definition) is 0. The SMILES string of the molecule is CC(C)(C)OC(=O)N1CC2CC3C(=O)OCC23C1. The van der Waals surface area contributed by atoms with E-state index in [1.165, 1.54) is 0 Å². The quantitative estimate of drug-likeness (QED) is 0.613. The first-order chi connectivity index (χ1) is 8.32. The molecule has 0 aromatic rings. The van der Waals surface area contributed by atoms with Crippen molar-refractivity contribution in [3.8, 4) is 0 Å². The van der Waals surface area contributed by atoms with E-state index in [4.69, 9.17) is 9.47 Å². The van der Waals surface area contributed by atoms with Gasteiger partial charge in [0.05, 0.1) is 12.5 Å². The van der Waals surface area contributed by atoms with Crippen molar-refractivity contribution >= 4 is 12.1 Å². The van der Waals surface area contributed by atoms with Crippen molar-refractivity contribution in [2.75, 3.05) is 19.7 Å². The molecule has 0 radical (unpaired) electrons. The number of rotatable bonds is 0. The van der Waals surface area contributed by atoms with E-state index in [1.54, 1.807) is 4.90 Å². The minimum Gasteiger partial charge on any atom is -0.465 e. The molecule has 1 spiro atoms. The molecule has 5 heteroatoms. The van der Waals surface area contributed by atoms with Crippen LogP contribution in [0.4, 0.5) is 4.79 Å². The van der Waals surface area contributed by atoms with E-state index < -0.39 is 5.60 Å². The maximum absolute atomic E-state index is 12.0. The fourth-order valence-corrected chi connectivity index (χ4v) is 3.43. The van der Waals surface area contributed by atoms with Crippen LogP contribution in [0, 0.1) is 17.3 Å². The summed E-state index contributed by atoms with van der Waals surface area (Å²) in [5, 5.41) is 0. The smallest absolute Gasteiger partial charge is 0.410 e. The topological polar surface area (TPSA) is 55.8 Å². The Hall–Kier alpha value is -1.26. The van der Waals surface area contributed by atoms with Crippen molar-refractivity contribution in [1.29, 1.82) is 0 Å². The fourth-order valence-electron chi connectivity index (χ4n) is 3.43. The van der Waals surface area contributed by atoms with Gasteiger partial charge < -0.3 is 14.4 Å². The van der Waals surface area contributed by atoms with Crippen LogP contribution in [-0.4, -0.2) is 42.3 Å². The van der Waals surface area contributed by atoms with E-state index in [9.17, 15) is 9.59 Å². The van der Waals surface area contributed by atoms with Crippen LogP contribution in [0.3, 0.4) is 0 Å². The van der Waals surface area contributed by atoms with Crippen LogP contribution < -0.4 is 0 Å². The predicted molar refractivity (Wildman–Crippen MR) is 62.8 cm³/mol. The minimum atomic E-state index is -0.474. The van der Waals surface area contributed by atoms with Crippen LogP contribution in [0.15, 0.2) is 0 Å². The molecule has 100 valence electrons. The number of likely N-dealkylation sites (tertiary alicyclic amines) is 1. The van der Waals surface area contributed by atoms with Crippen LogP contribution in [-0.2, 0) is 14.3 Å². The average molecular weight is 253 g/mol. The molecule has 2 heterocycles. The summed E-state index contributed by atoms with van der Waals surface area (Å²) in [6.45, 7) is 7.35. The molecule has 1 aliphatic carbocycles. The molecule has 0 aromatic heterocycles. The molecular formula is C13H19NO4. The summed E-state index contributed by atoms with van der Waals surface area (Å²) >= 11 is 0. The molecule has 3 atom stereocenters. The Morgan fingerprint density at radius 2 is 2.22 bits per heavy atom. The van der Waals surface area contributed by atoms with Gasteiger partial charge in [0.1, 0.15) is 5.60 Å². The highest BCUT2D eigenvalue weighted by molar-refractivity contribution is 5.78. The second kappa shape index (κ2) is 3.39. The molecule has 3 aliphatic rings. The third-order valence-electron chi connectivity index (χ3n) is 4.37. The first-order valence-corrected chi connectivity index (χ1v) is 6.46. The molecule has 2 saturated heterocycles. The maximum Gasteiger partial charge on any atom is 0.410 e. The second-order valence-corrected chi connectivity index (χ2v) is 6.69. The third-order valence-corrected chi connectivity index (χ3v) is 4.37. The van der Waals surface area contributed by atoms with Gasteiger partial charge in [0.2, 0.25) is 0 Å². The van der Waals surface area contributed by atoms with Crippen LogP contribution in [0.2, 0.25) is 0 Å². The summed E-state index contributed by atoms with van der Waals surface area (Å²) in [7, 11) is 0. The molecule has 5 nitrogen and oxygen atoms in total. The minimum absolute atomic E-state index is 0.00920. The van der Waals surface area contributed by atoms with E-state index >= 15 is 0 Å². The summed E-state index contributed by atoms with van der Waals surface area (Å²) in [6, 6.07) is 0. The number of cyclic esters (lactones) is 1. The van der Waals surface area contributed by atoms with Gasteiger partial charge in [0.25, 0.3) is 0 Å². The molecule has 0 aromatic carbocycles. The lowest BCUT2D eigenvalue weighted by atomic mass is 9.56. The van der Waals surface area contributed by atoms with Gasteiger partial charge in [0.15, 0.2) is 0 Å². The van der Waals surface area contributed by atoms with Crippen molar-refractivity contribution in [1.82, 2.24) is 4.90 Å². The van der Waals surface area contributed by atoms with Gasteiger partial charge in [-0.2, -0.15) is 0 Å². The van der Waals surface area contributed by atoms with Gasteiger partial charge in [-0.1, -0.05) is 0 Å². The number of ether oxygens (including phenoxy) is 2. The average Bonchev–Trinajstić information content (AvgIpc) is 2.62. The van der Waals surface area contributed by atoms with Crippen LogP contribution in [0.5, 0.6) is 0 Å². The maximum atomic E-state index is 12.0. The Labute approximate surface area is 106 Å². The molecule has 0 N–H and O–H groups in total. The highest BCUT2D eigenvalue weighted by Crippen LogP contribution is 2.59. The van der Waals surface area contributed by atoms with Crippen molar-refractivity contribution in [2.24, 2.45) is 17.3 Å².